The summed E-state index contributed by atoms with van der Waals surface area (Å²) in [5.41, 5.74) is 7.05. The average Bonchev–Trinajstić information content (AvgIpc) is 3.89. The summed E-state index contributed by atoms with van der Waals surface area (Å²) in [6, 6.07) is 15.8. The molecule has 2 saturated carbocycles. The van der Waals surface area contributed by atoms with Crippen molar-refractivity contribution >= 4 is 17.5 Å². The average molecular weight is 749 g/mol. The summed E-state index contributed by atoms with van der Waals surface area (Å²) in [5.74, 6) is -0.552. The lowest BCUT2D eigenvalue weighted by atomic mass is 9.75. The SMILES string of the molecule is CCCC(C)(CC)OC(=O)c1ccc(C2CC(c3ccc(C(=O)OC4(CC)CCCC4)cc3)=CC(C3=CCC(C(O)OC4(CC)CCCC4)C=C3)=C2C)cc1. The fourth-order valence-electron chi connectivity index (χ4n) is 9.34. The summed E-state index contributed by atoms with van der Waals surface area (Å²) in [6.07, 6.45) is 22.2. The number of esters is 2. The van der Waals surface area contributed by atoms with E-state index in [1.54, 1.807) is 0 Å². The van der Waals surface area contributed by atoms with Crippen LogP contribution < -0.4 is 0 Å². The summed E-state index contributed by atoms with van der Waals surface area (Å²) in [7, 11) is 0. The van der Waals surface area contributed by atoms with Crippen molar-refractivity contribution in [2.45, 2.75) is 167 Å². The molecule has 0 aromatic heterocycles. The number of ether oxygens (including phenoxy) is 3. The van der Waals surface area contributed by atoms with E-state index >= 15 is 0 Å². The Labute approximate surface area is 330 Å². The van der Waals surface area contributed by atoms with Gasteiger partial charge in [0.2, 0.25) is 0 Å². The van der Waals surface area contributed by atoms with Gasteiger partial charge in [0.25, 0.3) is 0 Å². The van der Waals surface area contributed by atoms with E-state index in [4.69, 9.17) is 14.2 Å². The van der Waals surface area contributed by atoms with Crippen molar-refractivity contribution < 1.29 is 28.9 Å². The highest BCUT2D eigenvalue weighted by atomic mass is 16.6. The third kappa shape index (κ3) is 9.29. The normalized spacial score (nSPS) is 23.5. The third-order valence-corrected chi connectivity index (χ3v) is 13.4. The molecular weight excluding hydrogens is 685 g/mol. The maximum Gasteiger partial charge on any atom is 0.338 e. The van der Waals surface area contributed by atoms with Crippen molar-refractivity contribution in [3.8, 4) is 0 Å². The fourth-order valence-corrected chi connectivity index (χ4v) is 9.34. The van der Waals surface area contributed by atoms with Gasteiger partial charge in [-0.1, -0.05) is 101 Å². The molecule has 4 aliphatic rings. The molecule has 2 aromatic carbocycles. The first-order valence-electron chi connectivity index (χ1n) is 21.3. The highest BCUT2D eigenvalue weighted by molar-refractivity contribution is 5.91. The van der Waals surface area contributed by atoms with Gasteiger partial charge in [-0.15, -0.1) is 0 Å². The van der Waals surface area contributed by atoms with Crippen LogP contribution in [-0.2, 0) is 14.2 Å². The number of aliphatic hydroxyl groups excluding tert-OH is 1. The van der Waals surface area contributed by atoms with Gasteiger partial charge in [0.15, 0.2) is 6.29 Å². The van der Waals surface area contributed by atoms with Crippen molar-refractivity contribution in [2.75, 3.05) is 0 Å². The van der Waals surface area contributed by atoms with Crippen LogP contribution in [0.25, 0.3) is 5.57 Å². The van der Waals surface area contributed by atoms with E-state index in [0.29, 0.717) is 17.5 Å². The smallest absolute Gasteiger partial charge is 0.338 e. The molecule has 0 spiro atoms. The molecule has 6 nitrogen and oxygen atoms in total. The van der Waals surface area contributed by atoms with Crippen molar-refractivity contribution in [3.63, 3.8) is 0 Å². The molecule has 6 heteroatoms. The predicted octanol–water partition coefficient (Wildman–Crippen LogP) is 12.1. The lowest BCUT2D eigenvalue weighted by Gasteiger charge is -2.34. The molecule has 0 aliphatic heterocycles. The summed E-state index contributed by atoms with van der Waals surface area (Å²) in [5, 5.41) is 11.2. The first-order valence-corrected chi connectivity index (χ1v) is 21.3. The summed E-state index contributed by atoms with van der Waals surface area (Å²) in [6.45, 7) is 12.7. The molecule has 0 bridgehead atoms. The standard InChI is InChI=1S/C49H64O6/c1-7-27-47(6,8-2)53-44(50)38-23-17-36(18-24-38)42-32-41(35-15-21-39(22-16-35)45(51)54-48(9-3)28-11-12-29-48)33-43(34(42)5)37-19-25-40(26-20-37)46(52)55-49(10-4)30-13-14-31-49/h15-25,33,40,42,46,52H,7-14,26-32H2,1-6H3. The van der Waals surface area contributed by atoms with Crippen LogP contribution in [0.2, 0.25) is 0 Å². The van der Waals surface area contributed by atoms with Crippen LogP contribution in [0.4, 0.5) is 0 Å². The molecule has 1 N–H and O–H groups in total. The van der Waals surface area contributed by atoms with Gasteiger partial charge >= 0.3 is 11.9 Å². The molecule has 0 amide bonds. The zero-order valence-corrected chi connectivity index (χ0v) is 34.3. The third-order valence-electron chi connectivity index (χ3n) is 13.4. The quantitative estimate of drug-likeness (QED) is 0.144. The van der Waals surface area contributed by atoms with Crippen LogP contribution >= 0.6 is 0 Å². The van der Waals surface area contributed by atoms with Crippen LogP contribution in [0, 0.1) is 5.92 Å². The van der Waals surface area contributed by atoms with Crippen LogP contribution in [0.5, 0.6) is 0 Å². The topological polar surface area (TPSA) is 82.1 Å². The van der Waals surface area contributed by atoms with E-state index in [1.807, 2.05) is 43.3 Å². The molecule has 2 aromatic rings. The minimum atomic E-state index is -0.833. The molecule has 4 atom stereocenters. The van der Waals surface area contributed by atoms with Gasteiger partial charge in [-0.2, -0.15) is 0 Å². The van der Waals surface area contributed by atoms with Gasteiger partial charge in [0.1, 0.15) is 11.2 Å². The molecule has 0 radical (unpaired) electrons. The zero-order chi connectivity index (χ0) is 39.2. The van der Waals surface area contributed by atoms with Crippen molar-refractivity contribution in [1.82, 2.24) is 0 Å². The van der Waals surface area contributed by atoms with Gasteiger partial charge in [0.05, 0.1) is 16.7 Å². The van der Waals surface area contributed by atoms with Crippen molar-refractivity contribution in [3.05, 3.63) is 112 Å². The number of carbonyl (C=O) groups excluding carboxylic acids is 2. The maximum absolute atomic E-state index is 13.3. The Morgan fingerprint density at radius 1 is 0.855 bits per heavy atom. The number of benzene rings is 2. The van der Waals surface area contributed by atoms with E-state index in [1.165, 1.54) is 11.1 Å². The summed E-state index contributed by atoms with van der Waals surface area (Å²) < 4.78 is 18.5. The largest absolute Gasteiger partial charge is 0.456 e. The maximum atomic E-state index is 13.3. The van der Waals surface area contributed by atoms with E-state index < -0.39 is 11.9 Å². The number of rotatable bonds is 15. The Bertz CT molecular complexity index is 1780. The van der Waals surface area contributed by atoms with Gasteiger partial charge in [-0.25, -0.2) is 9.59 Å². The van der Waals surface area contributed by atoms with E-state index in [2.05, 4.69) is 71.1 Å². The lowest BCUT2D eigenvalue weighted by molar-refractivity contribution is -0.201. The molecule has 296 valence electrons. The van der Waals surface area contributed by atoms with Gasteiger partial charge in [-0.05, 0) is 143 Å². The van der Waals surface area contributed by atoms with Gasteiger partial charge in [0, 0.05) is 11.8 Å². The number of hydrogen-bond acceptors (Lipinski definition) is 6. The molecule has 55 heavy (non-hydrogen) atoms. The Kier molecular flexibility index (Phi) is 13.1. The zero-order valence-electron chi connectivity index (χ0n) is 34.3. The predicted molar refractivity (Wildman–Crippen MR) is 221 cm³/mol. The van der Waals surface area contributed by atoms with E-state index in [-0.39, 0.29) is 35.0 Å². The van der Waals surface area contributed by atoms with Crippen LogP contribution in [0.3, 0.4) is 0 Å². The first-order chi connectivity index (χ1) is 26.5. The first kappa shape index (κ1) is 40.9. The highest BCUT2D eigenvalue weighted by Crippen LogP contribution is 2.45. The minimum absolute atomic E-state index is 0.0743. The van der Waals surface area contributed by atoms with Crippen molar-refractivity contribution in [2.24, 2.45) is 5.92 Å². The second-order valence-electron chi connectivity index (χ2n) is 17.0. The lowest BCUT2D eigenvalue weighted by Crippen LogP contribution is -2.36. The minimum Gasteiger partial charge on any atom is -0.456 e. The number of carbonyl (C=O) groups is 2. The van der Waals surface area contributed by atoms with Crippen LogP contribution in [0.1, 0.15) is 176 Å². The van der Waals surface area contributed by atoms with Gasteiger partial charge in [-0.3, -0.25) is 0 Å². The Balaban J connectivity index is 1.26. The molecule has 0 heterocycles. The van der Waals surface area contributed by atoms with Crippen LogP contribution in [-0.4, -0.2) is 40.1 Å². The molecule has 2 fully saturated rings. The van der Waals surface area contributed by atoms with Crippen molar-refractivity contribution in [1.29, 1.82) is 0 Å². The Morgan fingerprint density at radius 2 is 1.45 bits per heavy atom. The molecule has 6 rings (SSSR count). The second kappa shape index (κ2) is 17.6. The molecular formula is C49H64O6. The van der Waals surface area contributed by atoms with Crippen LogP contribution in [0.15, 0.2) is 89.6 Å². The Hall–Kier alpha value is -3.74. The van der Waals surface area contributed by atoms with Gasteiger partial charge < -0.3 is 19.3 Å². The second-order valence-corrected chi connectivity index (χ2v) is 17.0. The molecule has 4 aliphatic carbocycles. The summed E-state index contributed by atoms with van der Waals surface area (Å²) >= 11 is 0. The fraction of sp³-hybridized carbons (Fsp3) is 0.551. The summed E-state index contributed by atoms with van der Waals surface area (Å²) in [4.78, 5) is 26.5. The number of hydrogen-bond donors (Lipinski definition) is 1. The molecule has 0 saturated heterocycles. The molecule has 4 unspecified atom stereocenters. The Morgan fingerprint density at radius 3 is 2.02 bits per heavy atom. The van der Waals surface area contributed by atoms with E-state index in [9.17, 15) is 14.7 Å². The number of allylic oxidation sites excluding steroid dienone is 7. The highest BCUT2D eigenvalue weighted by Gasteiger charge is 2.38. The monoisotopic (exact) mass is 748 g/mol. The number of aliphatic hydroxyl groups is 1. The van der Waals surface area contributed by atoms with E-state index in [0.717, 1.165) is 112 Å².